The summed E-state index contributed by atoms with van der Waals surface area (Å²) in [7, 11) is 0. The van der Waals surface area contributed by atoms with Crippen LogP contribution in [0.2, 0.25) is 0 Å². The van der Waals surface area contributed by atoms with Crippen molar-refractivity contribution in [1.29, 1.82) is 0 Å². The lowest BCUT2D eigenvalue weighted by molar-refractivity contribution is -0.237. The van der Waals surface area contributed by atoms with E-state index in [1.807, 2.05) is 0 Å². The summed E-state index contributed by atoms with van der Waals surface area (Å²) in [6, 6.07) is 0. The van der Waals surface area contributed by atoms with Gasteiger partial charge in [0.25, 0.3) is 12.9 Å². The van der Waals surface area contributed by atoms with E-state index in [0.29, 0.717) is 0 Å². The predicted octanol–water partition coefficient (Wildman–Crippen LogP) is 0.195. The van der Waals surface area contributed by atoms with E-state index in [2.05, 4.69) is 0 Å². The minimum Gasteiger partial charge on any atom is -0.467 e. The first-order valence-electron chi connectivity index (χ1n) is 8.84. The van der Waals surface area contributed by atoms with Crippen LogP contribution in [0.15, 0.2) is 0 Å². The zero-order valence-corrected chi connectivity index (χ0v) is 16.3. The van der Waals surface area contributed by atoms with Gasteiger partial charge in [-0.3, -0.25) is 24.0 Å². The number of hydrogen-bond acceptors (Lipinski definition) is 10. The zero-order valence-electron chi connectivity index (χ0n) is 16.3. The van der Waals surface area contributed by atoms with Crippen molar-refractivity contribution in [3.63, 3.8) is 0 Å². The molecule has 1 saturated heterocycles. The number of ether oxygens (including phenoxy) is 5. The highest BCUT2D eigenvalue weighted by Gasteiger charge is 2.50. The fourth-order valence-electron chi connectivity index (χ4n) is 3.00. The lowest BCUT2D eigenvalue weighted by atomic mass is 9.84. The summed E-state index contributed by atoms with van der Waals surface area (Å²) in [5.41, 5.74) is 0. The van der Waals surface area contributed by atoms with Crippen molar-refractivity contribution in [1.82, 2.24) is 0 Å². The number of rotatable bonds is 11. The third-order valence-electron chi connectivity index (χ3n) is 4.28. The second-order valence-electron chi connectivity index (χ2n) is 6.71. The van der Waals surface area contributed by atoms with Crippen LogP contribution >= 0.6 is 0 Å². The van der Waals surface area contributed by atoms with E-state index in [1.165, 1.54) is 13.8 Å². The molecule has 1 heterocycles. The molecule has 0 aromatic carbocycles. The van der Waals surface area contributed by atoms with Gasteiger partial charge in [-0.1, -0.05) is 13.8 Å². The van der Waals surface area contributed by atoms with Crippen LogP contribution in [0.1, 0.15) is 34.1 Å². The van der Waals surface area contributed by atoms with Gasteiger partial charge in [-0.2, -0.15) is 0 Å². The monoisotopic (exact) mass is 402 g/mol. The Morgan fingerprint density at radius 3 is 1.93 bits per heavy atom. The van der Waals surface area contributed by atoms with E-state index < -0.39 is 42.3 Å². The van der Waals surface area contributed by atoms with E-state index in [4.69, 9.17) is 23.7 Å². The number of carbonyl (C=O) groups excluding carboxylic acids is 5. The standard InChI is InChI=1S/C18H26O10/c1-10(2)14(23)5-15-18(27-12(4)22)17(26-11(3)21)13(6-24-8-19)16(28-15)7-25-9-20/h8-10,13,15-18H,5-7H2,1-4H3/t13-,15?,16?,17+,18+/m1/s1. The van der Waals surface area contributed by atoms with Crippen molar-refractivity contribution in [2.45, 2.75) is 58.5 Å². The van der Waals surface area contributed by atoms with Crippen molar-refractivity contribution in [2.24, 2.45) is 11.8 Å². The summed E-state index contributed by atoms with van der Waals surface area (Å²) >= 11 is 0. The van der Waals surface area contributed by atoms with Crippen LogP contribution in [-0.4, -0.2) is 68.3 Å². The Hall–Kier alpha value is -2.49. The molecule has 0 N–H and O–H groups in total. The number of ketones is 1. The molecule has 2 unspecified atom stereocenters. The van der Waals surface area contributed by atoms with Gasteiger partial charge in [0.2, 0.25) is 0 Å². The average Bonchev–Trinajstić information content (AvgIpc) is 2.60. The minimum absolute atomic E-state index is 0.105. The van der Waals surface area contributed by atoms with Crippen molar-refractivity contribution in [3.8, 4) is 0 Å². The fourth-order valence-corrected chi connectivity index (χ4v) is 3.00. The van der Waals surface area contributed by atoms with Gasteiger partial charge in [0.05, 0.1) is 5.92 Å². The molecule has 0 spiro atoms. The smallest absolute Gasteiger partial charge is 0.303 e. The lowest BCUT2D eigenvalue weighted by Crippen LogP contribution is -2.60. The number of hydrogen-bond donors (Lipinski definition) is 0. The van der Waals surface area contributed by atoms with E-state index >= 15 is 0 Å². The first-order chi connectivity index (χ1) is 13.2. The fraction of sp³-hybridized carbons (Fsp3) is 0.722. The molecule has 1 aliphatic heterocycles. The Kier molecular flexibility index (Phi) is 9.57. The first kappa shape index (κ1) is 23.5. The normalized spacial score (nSPS) is 26.8. The third-order valence-corrected chi connectivity index (χ3v) is 4.28. The van der Waals surface area contributed by atoms with Crippen molar-refractivity contribution in [3.05, 3.63) is 0 Å². The third kappa shape index (κ3) is 6.91. The number of carbonyl (C=O) groups is 5. The second kappa shape index (κ2) is 11.4. The topological polar surface area (TPSA) is 132 Å². The molecule has 1 fully saturated rings. The molecular weight excluding hydrogens is 376 g/mol. The summed E-state index contributed by atoms with van der Waals surface area (Å²) in [6.45, 7) is 5.72. The maximum Gasteiger partial charge on any atom is 0.303 e. The highest BCUT2D eigenvalue weighted by Crippen LogP contribution is 2.33. The number of esters is 2. The van der Waals surface area contributed by atoms with Gasteiger partial charge in [-0.25, -0.2) is 0 Å². The molecule has 0 aromatic rings. The Balaban J connectivity index is 3.27. The van der Waals surface area contributed by atoms with Crippen LogP contribution in [0.25, 0.3) is 0 Å². The molecule has 0 amide bonds. The zero-order chi connectivity index (χ0) is 21.3. The maximum absolute atomic E-state index is 12.3. The summed E-state index contributed by atoms with van der Waals surface area (Å²) in [5, 5.41) is 0. The molecule has 0 aliphatic carbocycles. The molecule has 10 nitrogen and oxygen atoms in total. The van der Waals surface area contributed by atoms with E-state index in [-0.39, 0.29) is 44.3 Å². The van der Waals surface area contributed by atoms with Crippen LogP contribution in [0.3, 0.4) is 0 Å². The molecule has 1 rings (SSSR count). The van der Waals surface area contributed by atoms with E-state index in [9.17, 15) is 24.0 Å². The Morgan fingerprint density at radius 1 is 0.893 bits per heavy atom. The van der Waals surface area contributed by atoms with Gasteiger partial charge in [0, 0.05) is 26.2 Å². The Morgan fingerprint density at radius 2 is 1.43 bits per heavy atom. The lowest BCUT2D eigenvalue weighted by Gasteiger charge is -2.44. The predicted molar refractivity (Wildman–Crippen MR) is 91.8 cm³/mol. The van der Waals surface area contributed by atoms with Crippen LogP contribution in [0.5, 0.6) is 0 Å². The Labute approximate surface area is 162 Å². The van der Waals surface area contributed by atoms with Gasteiger partial charge in [-0.15, -0.1) is 0 Å². The van der Waals surface area contributed by atoms with Crippen LogP contribution in [-0.2, 0) is 47.7 Å². The quantitative estimate of drug-likeness (QED) is 0.268. The maximum atomic E-state index is 12.3. The largest absolute Gasteiger partial charge is 0.467 e. The minimum atomic E-state index is -1.10. The second-order valence-corrected chi connectivity index (χ2v) is 6.71. The molecule has 1 aliphatic rings. The first-order valence-corrected chi connectivity index (χ1v) is 8.84. The highest BCUT2D eigenvalue weighted by molar-refractivity contribution is 5.81. The van der Waals surface area contributed by atoms with Gasteiger partial charge < -0.3 is 23.7 Å². The van der Waals surface area contributed by atoms with Gasteiger partial charge >= 0.3 is 11.9 Å². The molecule has 0 bridgehead atoms. The molecule has 0 radical (unpaired) electrons. The molecular formula is C18H26O10. The molecule has 158 valence electrons. The molecule has 5 atom stereocenters. The summed E-state index contributed by atoms with van der Waals surface area (Å²) < 4.78 is 26.1. The summed E-state index contributed by atoms with van der Waals surface area (Å²) in [6.07, 6.45) is -4.06. The van der Waals surface area contributed by atoms with Crippen molar-refractivity contribution < 1.29 is 47.7 Å². The van der Waals surface area contributed by atoms with Gasteiger partial charge in [-0.05, 0) is 0 Å². The average molecular weight is 402 g/mol. The van der Waals surface area contributed by atoms with Gasteiger partial charge in [0.15, 0.2) is 6.10 Å². The Bertz CT molecular complexity index is 573. The van der Waals surface area contributed by atoms with Crippen LogP contribution < -0.4 is 0 Å². The summed E-state index contributed by atoms with van der Waals surface area (Å²) in [4.78, 5) is 56.8. The molecule has 0 aromatic heterocycles. The molecule has 28 heavy (non-hydrogen) atoms. The highest BCUT2D eigenvalue weighted by atomic mass is 16.6. The van der Waals surface area contributed by atoms with E-state index in [0.717, 1.165) is 0 Å². The molecule has 10 heteroatoms. The van der Waals surface area contributed by atoms with Crippen LogP contribution in [0.4, 0.5) is 0 Å². The SMILES string of the molecule is CC(=O)O[C@H]1[C@H](COC=O)C(COC=O)OC(CC(=O)C(C)C)[C@@H]1OC(C)=O. The van der Waals surface area contributed by atoms with E-state index in [1.54, 1.807) is 13.8 Å². The number of Topliss-reactive ketones (excluding diaryl/α,β-unsaturated/α-hetero) is 1. The van der Waals surface area contributed by atoms with Crippen molar-refractivity contribution in [2.75, 3.05) is 13.2 Å². The van der Waals surface area contributed by atoms with Crippen molar-refractivity contribution >= 4 is 30.7 Å². The van der Waals surface area contributed by atoms with Gasteiger partial charge in [0.1, 0.15) is 37.3 Å². The van der Waals surface area contributed by atoms with Crippen LogP contribution in [0, 0.1) is 11.8 Å². The summed E-state index contributed by atoms with van der Waals surface area (Å²) in [5.74, 6) is -2.56. The molecule has 0 saturated carbocycles.